The maximum atomic E-state index is 12.3. The Kier molecular flexibility index (Phi) is 6.25. The summed E-state index contributed by atoms with van der Waals surface area (Å²) in [5.41, 5.74) is 2.46. The maximum absolute atomic E-state index is 12.3. The van der Waals surface area contributed by atoms with Crippen molar-refractivity contribution in [1.29, 1.82) is 0 Å². The average molecular weight is 374 g/mol. The molecule has 1 heterocycles. The molecular weight excluding hydrogens is 348 g/mol. The van der Waals surface area contributed by atoms with Gasteiger partial charge in [0.05, 0.1) is 12.3 Å². The number of carbonyl (C=O) groups excluding carboxylic acids is 2. The topological polar surface area (TPSA) is 90.7 Å². The number of carbonyl (C=O) groups is 2. The van der Waals surface area contributed by atoms with Gasteiger partial charge in [-0.05, 0) is 37.8 Å². The van der Waals surface area contributed by atoms with E-state index in [1.807, 2.05) is 25.1 Å². The van der Waals surface area contributed by atoms with Crippen LogP contribution in [0, 0.1) is 13.8 Å². The van der Waals surface area contributed by atoms with Gasteiger partial charge in [-0.25, -0.2) is 4.79 Å². The first kappa shape index (κ1) is 20.5. The quantitative estimate of drug-likeness (QED) is 0.774. The zero-order chi connectivity index (χ0) is 20.2. The number of nitrogens with one attached hydrogen (secondary N) is 1. The van der Waals surface area contributed by atoms with E-state index >= 15 is 0 Å². The molecule has 0 unspecified atom stereocenters. The van der Waals surface area contributed by atoms with Crippen LogP contribution in [0.4, 0.5) is 5.88 Å². The Balaban J connectivity index is 2.10. The lowest BCUT2D eigenvalue weighted by molar-refractivity contribution is -0.118. The standard InChI is InChI=1S/C20H26N2O5/c1-7-25-19(24)17-13(3)22-27-18(17)21-16(23)11-26-15-9-8-12(2)10-14(15)20(4,5)6/h8-10H,7,11H2,1-6H3,(H,21,23). The van der Waals surface area contributed by atoms with Crippen LogP contribution in [0.15, 0.2) is 22.7 Å². The van der Waals surface area contributed by atoms with E-state index in [-0.39, 0.29) is 30.1 Å². The van der Waals surface area contributed by atoms with Crippen molar-refractivity contribution in [1.82, 2.24) is 5.16 Å². The molecule has 0 atom stereocenters. The van der Waals surface area contributed by atoms with Gasteiger partial charge in [0.1, 0.15) is 11.3 Å². The van der Waals surface area contributed by atoms with Gasteiger partial charge in [0.15, 0.2) is 6.61 Å². The molecule has 0 aliphatic rings. The number of hydrogen-bond donors (Lipinski definition) is 1. The van der Waals surface area contributed by atoms with Crippen molar-refractivity contribution in [2.24, 2.45) is 0 Å². The summed E-state index contributed by atoms with van der Waals surface area (Å²) in [7, 11) is 0. The lowest BCUT2D eigenvalue weighted by Gasteiger charge is -2.23. The number of aryl methyl sites for hydroxylation is 2. The third-order valence-electron chi connectivity index (χ3n) is 3.90. The van der Waals surface area contributed by atoms with Crippen molar-refractivity contribution in [2.75, 3.05) is 18.5 Å². The highest BCUT2D eigenvalue weighted by molar-refractivity contribution is 6.00. The number of anilines is 1. The van der Waals surface area contributed by atoms with Gasteiger partial charge in [0, 0.05) is 0 Å². The van der Waals surface area contributed by atoms with Crippen LogP contribution in [-0.4, -0.2) is 30.2 Å². The minimum Gasteiger partial charge on any atom is -0.483 e. The first-order valence-electron chi connectivity index (χ1n) is 8.80. The smallest absolute Gasteiger partial charge is 0.345 e. The highest BCUT2D eigenvalue weighted by Gasteiger charge is 2.24. The summed E-state index contributed by atoms with van der Waals surface area (Å²) in [6.07, 6.45) is 0. The van der Waals surface area contributed by atoms with Crippen LogP contribution in [0.5, 0.6) is 5.75 Å². The molecule has 1 amide bonds. The first-order valence-corrected chi connectivity index (χ1v) is 8.80. The second-order valence-electron chi connectivity index (χ2n) is 7.28. The third kappa shape index (κ3) is 5.09. The van der Waals surface area contributed by atoms with Crippen LogP contribution in [0.1, 0.15) is 54.9 Å². The van der Waals surface area contributed by atoms with Gasteiger partial charge in [0.25, 0.3) is 5.91 Å². The molecule has 0 bridgehead atoms. The number of nitrogens with zero attached hydrogens (tertiary/aromatic N) is 1. The maximum Gasteiger partial charge on any atom is 0.345 e. The lowest BCUT2D eigenvalue weighted by Crippen LogP contribution is -2.23. The van der Waals surface area contributed by atoms with Crippen LogP contribution in [0.2, 0.25) is 0 Å². The van der Waals surface area contributed by atoms with Gasteiger partial charge >= 0.3 is 5.97 Å². The SMILES string of the molecule is CCOC(=O)c1c(C)noc1NC(=O)COc1ccc(C)cc1C(C)(C)C. The van der Waals surface area contributed by atoms with Crippen LogP contribution >= 0.6 is 0 Å². The lowest BCUT2D eigenvalue weighted by atomic mass is 9.85. The largest absolute Gasteiger partial charge is 0.483 e. The number of hydrogen-bond acceptors (Lipinski definition) is 6. The molecule has 0 saturated carbocycles. The summed E-state index contributed by atoms with van der Waals surface area (Å²) in [6, 6.07) is 5.83. The zero-order valence-corrected chi connectivity index (χ0v) is 16.6. The van der Waals surface area contributed by atoms with Gasteiger partial charge in [-0.1, -0.05) is 43.6 Å². The van der Waals surface area contributed by atoms with E-state index in [0.717, 1.165) is 11.1 Å². The number of amides is 1. The van der Waals surface area contributed by atoms with Crippen LogP contribution in [-0.2, 0) is 14.9 Å². The minimum absolute atomic E-state index is 0.0421. The third-order valence-corrected chi connectivity index (χ3v) is 3.90. The van der Waals surface area contributed by atoms with Gasteiger partial charge in [0.2, 0.25) is 5.88 Å². The summed E-state index contributed by atoms with van der Waals surface area (Å²) >= 11 is 0. The van der Waals surface area contributed by atoms with E-state index in [1.54, 1.807) is 13.8 Å². The molecule has 146 valence electrons. The number of aromatic nitrogens is 1. The monoisotopic (exact) mass is 374 g/mol. The highest BCUT2D eigenvalue weighted by Crippen LogP contribution is 2.32. The van der Waals surface area contributed by atoms with Gasteiger partial charge in [-0.2, -0.15) is 0 Å². The van der Waals surface area contributed by atoms with Gasteiger partial charge < -0.3 is 14.0 Å². The molecule has 1 aromatic carbocycles. The predicted octanol–water partition coefficient (Wildman–Crippen LogP) is 3.78. The number of esters is 1. The van der Waals surface area contributed by atoms with E-state index in [0.29, 0.717) is 11.4 Å². The molecule has 0 spiro atoms. The van der Waals surface area contributed by atoms with Crippen molar-refractivity contribution >= 4 is 17.8 Å². The Labute approximate surface area is 159 Å². The number of ether oxygens (including phenoxy) is 2. The Morgan fingerprint density at radius 3 is 2.56 bits per heavy atom. The van der Waals surface area contributed by atoms with Gasteiger partial charge in [-0.15, -0.1) is 0 Å². The molecular formula is C20H26N2O5. The average Bonchev–Trinajstić information content (AvgIpc) is 2.93. The Morgan fingerprint density at radius 2 is 1.93 bits per heavy atom. The molecule has 0 aliphatic heterocycles. The fraction of sp³-hybridized carbons (Fsp3) is 0.450. The van der Waals surface area contributed by atoms with Crippen molar-refractivity contribution in [3.63, 3.8) is 0 Å². The number of rotatable bonds is 6. The summed E-state index contributed by atoms with van der Waals surface area (Å²) in [4.78, 5) is 24.3. The van der Waals surface area contributed by atoms with Crippen molar-refractivity contribution in [3.05, 3.63) is 40.6 Å². The molecule has 1 N–H and O–H groups in total. The second kappa shape index (κ2) is 8.24. The molecule has 27 heavy (non-hydrogen) atoms. The first-order chi connectivity index (χ1) is 12.6. The van der Waals surface area contributed by atoms with E-state index in [1.165, 1.54) is 0 Å². The number of benzene rings is 1. The van der Waals surface area contributed by atoms with Crippen molar-refractivity contribution < 1.29 is 23.6 Å². The molecule has 0 radical (unpaired) electrons. The molecule has 0 aliphatic carbocycles. The van der Waals surface area contributed by atoms with E-state index in [2.05, 4.69) is 31.2 Å². The Morgan fingerprint density at radius 1 is 1.22 bits per heavy atom. The molecule has 7 nitrogen and oxygen atoms in total. The fourth-order valence-corrected chi connectivity index (χ4v) is 2.56. The molecule has 2 rings (SSSR count). The summed E-state index contributed by atoms with van der Waals surface area (Å²) < 4.78 is 15.7. The van der Waals surface area contributed by atoms with Crippen molar-refractivity contribution in [2.45, 2.75) is 47.0 Å². The van der Waals surface area contributed by atoms with Crippen LogP contribution < -0.4 is 10.1 Å². The van der Waals surface area contributed by atoms with Crippen LogP contribution in [0.25, 0.3) is 0 Å². The van der Waals surface area contributed by atoms with Crippen LogP contribution in [0.3, 0.4) is 0 Å². The normalized spacial score (nSPS) is 11.2. The van der Waals surface area contributed by atoms with E-state index in [9.17, 15) is 9.59 Å². The molecule has 1 aromatic heterocycles. The predicted molar refractivity (Wildman–Crippen MR) is 101 cm³/mol. The molecule has 2 aromatic rings. The summed E-state index contributed by atoms with van der Waals surface area (Å²) in [6.45, 7) is 11.5. The molecule has 0 fully saturated rings. The summed E-state index contributed by atoms with van der Waals surface area (Å²) in [5.74, 6) is -0.458. The zero-order valence-electron chi connectivity index (χ0n) is 16.6. The highest BCUT2D eigenvalue weighted by atomic mass is 16.5. The Hall–Kier alpha value is -2.83. The molecule has 7 heteroatoms. The molecule has 0 saturated heterocycles. The Bertz CT molecular complexity index is 833. The van der Waals surface area contributed by atoms with E-state index in [4.69, 9.17) is 14.0 Å². The van der Waals surface area contributed by atoms with Crippen molar-refractivity contribution in [3.8, 4) is 5.75 Å². The van der Waals surface area contributed by atoms with E-state index < -0.39 is 11.9 Å². The van der Waals surface area contributed by atoms with Gasteiger partial charge in [-0.3, -0.25) is 10.1 Å². The summed E-state index contributed by atoms with van der Waals surface area (Å²) in [5, 5.41) is 6.23. The minimum atomic E-state index is -0.596. The fourth-order valence-electron chi connectivity index (χ4n) is 2.56. The second-order valence-corrected chi connectivity index (χ2v) is 7.28.